The average molecular weight is 352 g/mol. The highest BCUT2D eigenvalue weighted by atomic mass is 32.1. The summed E-state index contributed by atoms with van der Waals surface area (Å²) in [5.74, 6) is 1.40. The Labute approximate surface area is 148 Å². The summed E-state index contributed by atoms with van der Waals surface area (Å²) in [5, 5.41) is 6.22. The molecule has 1 amide bonds. The van der Waals surface area contributed by atoms with E-state index in [0.29, 0.717) is 10.9 Å². The van der Waals surface area contributed by atoms with E-state index in [-0.39, 0.29) is 12.3 Å². The number of thiazole rings is 1. The molecule has 0 aliphatic heterocycles. The Bertz CT molecular complexity index is 1060. The predicted octanol–water partition coefficient (Wildman–Crippen LogP) is 4.95. The number of anilines is 1. The van der Waals surface area contributed by atoms with E-state index >= 15 is 0 Å². The van der Waals surface area contributed by atoms with Crippen molar-refractivity contribution in [3.63, 3.8) is 0 Å². The van der Waals surface area contributed by atoms with Crippen LogP contribution in [0.1, 0.15) is 16.9 Å². The zero-order chi connectivity index (χ0) is 17.4. The topological polar surface area (TPSA) is 68.3 Å². The number of furan rings is 2. The zero-order valence-corrected chi connectivity index (χ0v) is 14.6. The lowest BCUT2D eigenvalue weighted by molar-refractivity contribution is -0.115. The normalized spacial score (nSPS) is 11.1. The van der Waals surface area contributed by atoms with Crippen molar-refractivity contribution in [1.82, 2.24) is 4.98 Å². The molecule has 4 rings (SSSR count). The first-order valence-corrected chi connectivity index (χ1v) is 8.75. The molecular formula is C19H16N2O3S. The minimum Gasteiger partial charge on any atom is -0.464 e. The second kappa shape index (κ2) is 6.22. The number of aryl methyl sites for hydroxylation is 2. The van der Waals surface area contributed by atoms with Gasteiger partial charge in [-0.05, 0) is 37.6 Å². The minimum atomic E-state index is -0.125. The van der Waals surface area contributed by atoms with Crippen LogP contribution >= 0.6 is 11.3 Å². The molecule has 3 heterocycles. The molecule has 0 unspecified atom stereocenters. The van der Waals surface area contributed by atoms with E-state index in [4.69, 9.17) is 8.83 Å². The molecule has 1 N–H and O–H groups in total. The first kappa shape index (κ1) is 15.7. The molecule has 0 aliphatic carbocycles. The lowest BCUT2D eigenvalue weighted by Crippen LogP contribution is -2.13. The van der Waals surface area contributed by atoms with Gasteiger partial charge in [0.05, 0.1) is 12.7 Å². The summed E-state index contributed by atoms with van der Waals surface area (Å²) in [5.41, 5.74) is 3.51. The van der Waals surface area contributed by atoms with Crippen LogP contribution in [-0.2, 0) is 11.2 Å². The highest BCUT2D eigenvalue weighted by Crippen LogP contribution is 2.27. The van der Waals surface area contributed by atoms with Crippen molar-refractivity contribution in [2.75, 3.05) is 5.32 Å². The molecule has 126 valence electrons. The molecule has 0 fully saturated rings. The maximum Gasteiger partial charge on any atom is 0.230 e. The van der Waals surface area contributed by atoms with Gasteiger partial charge in [-0.15, -0.1) is 11.3 Å². The van der Waals surface area contributed by atoms with Gasteiger partial charge in [-0.2, -0.15) is 0 Å². The summed E-state index contributed by atoms with van der Waals surface area (Å²) in [6.07, 6.45) is 1.88. The number of fused-ring (bicyclic) bond motifs is 1. The molecule has 0 atom stereocenters. The summed E-state index contributed by atoms with van der Waals surface area (Å²) in [6, 6.07) is 9.72. The van der Waals surface area contributed by atoms with Gasteiger partial charge < -0.3 is 14.2 Å². The monoisotopic (exact) mass is 352 g/mol. The number of nitrogens with zero attached hydrogens (tertiary/aromatic N) is 1. The number of carbonyl (C=O) groups is 1. The number of nitrogens with one attached hydrogen (secondary N) is 1. The Morgan fingerprint density at radius 1 is 1.24 bits per heavy atom. The smallest absolute Gasteiger partial charge is 0.230 e. The molecule has 0 saturated carbocycles. The van der Waals surface area contributed by atoms with Crippen molar-refractivity contribution in [2.24, 2.45) is 0 Å². The number of benzene rings is 1. The highest BCUT2D eigenvalue weighted by Gasteiger charge is 2.13. The van der Waals surface area contributed by atoms with E-state index < -0.39 is 0 Å². The van der Waals surface area contributed by atoms with Gasteiger partial charge in [0.15, 0.2) is 10.9 Å². The van der Waals surface area contributed by atoms with Gasteiger partial charge in [-0.1, -0.05) is 12.1 Å². The largest absolute Gasteiger partial charge is 0.464 e. The molecule has 5 nitrogen and oxygen atoms in total. The van der Waals surface area contributed by atoms with Gasteiger partial charge >= 0.3 is 0 Å². The molecule has 0 radical (unpaired) electrons. The fourth-order valence-corrected chi connectivity index (χ4v) is 3.40. The van der Waals surface area contributed by atoms with E-state index in [2.05, 4.69) is 10.3 Å². The fourth-order valence-electron chi connectivity index (χ4n) is 2.68. The molecule has 4 aromatic rings. The van der Waals surface area contributed by atoms with Crippen LogP contribution in [-0.4, -0.2) is 10.9 Å². The van der Waals surface area contributed by atoms with E-state index in [1.165, 1.54) is 11.3 Å². The van der Waals surface area contributed by atoms with Gasteiger partial charge in [0.1, 0.15) is 17.0 Å². The summed E-state index contributed by atoms with van der Waals surface area (Å²) >= 11 is 1.37. The maximum absolute atomic E-state index is 12.3. The zero-order valence-electron chi connectivity index (χ0n) is 13.8. The third kappa shape index (κ3) is 3.21. The molecule has 0 spiro atoms. The van der Waals surface area contributed by atoms with E-state index in [1.54, 1.807) is 6.26 Å². The molecule has 25 heavy (non-hydrogen) atoms. The van der Waals surface area contributed by atoms with Crippen LogP contribution in [0.5, 0.6) is 0 Å². The third-order valence-electron chi connectivity index (χ3n) is 3.91. The SMILES string of the molecule is Cc1ccc2c(CC(=O)Nc3nc(-c4ccc(C)o4)cs3)coc2c1. The van der Waals surface area contributed by atoms with Gasteiger partial charge in [0.2, 0.25) is 5.91 Å². The Morgan fingerprint density at radius 2 is 2.12 bits per heavy atom. The van der Waals surface area contributed by atoms with Gasteiger partial charge in [0, 0.05) is 16.3 Å². The lowest BCUT2D eigenvalue weighted by Gasteiger charge is -2.00. The molecule has 0 bridgehead atoms. The van der Waals surface area contributed by atoms with Gasteiger partial charge in [-0.25, -0.2) is 4.98 Å². The van der Waals surface area contributed by atoms with Crippen LogP contribution in [0.2, 0.25) is 0 Å². The lowest BCUT2D eigenvalue weighted by atomic mass is 10.1. The second-order valence-corrected chi connectivity index (χ2v) is 6.79. The van der Waals surface area contributed by atoms with E-state index in [0.717, 1.165) is 33.6 Å². The number of carbonyl (C=O) groups excluding carboxylic acids is 1. The summed E-state index contributed by atoms with van der Waals surface area (Å²) in [4.78, 5) is 16.7. The van der Waals surface area contributed by atoms with Crippen LogP contribution < -0.4 is 5.32 Å². The number of amides is 1. The predicted molar refractivity (Wildman–Crippen MR) is 97.8 cm³/mol. The van der Waals surface area contributed by atoms with Crippen LogP contribution in [0.25, 0.3) is 22.4 Å². The Hall–Kier alpha value is -2.86. The van der Waals surface area contributed by atoms with Crippen molar-refractivity contribution in [3.05, 3.63) is 58.9 Å². The van der Waals surface area contributed by atoms with Crippen LogP contribution in [0, 0.1) is 13.8 Å². The van der Waals surface area contributed by atoms with Crippen LogP contribution in [0.4, 0.5) is 5.13 Å². The number of hydrogen-bond acceptors (Lipinski definition) is 5. The van der Waals surface area contributed by atoms with Gasteiger partial charge in [-0.3, -0.25) is 4.79 Å². The molecule has 3 aromatic heterocycles. The standard InChI is InChI=1S/C19H16N2O3S/c1-11-3-5-14-13(9-23-17(14)7-11)8-18(22)21-19-20-15(10-25-19)16-6-4-12(2)24-16/h3-7,9-10H,8H2,1-2H3,(H,20,21,22). The van der Waals surface area contributed by atoms with Crippen molar-refractivity contribution in [1.29, 1.82) is 0 Å². The van der Waals surface area contributed by atoms with Crippen molar-refractivity contribution in [2.45, 2.75) is 20.3 Å². The molecule has 0 aliphatic rings. The Morgan fingerprint density at radius 3 is 2.92 bits per heavy atom. The van der Waals surface area contributed by atoms with Crippen LogP contribution in [0.15, 0.2) is 50.8 Å². The van der Waals surface area contributed by atoms with E-state index in [9.17, 15) is 4.79 Å². The van der Waals surface area contributed by atoms with Crippen molar-refractivity contribution >= 4 is 33.3 Å². The molecule has 1 aromatic carbocycles. The number of rotatable bonds is 4. The third-order valence-corrected chi connectivity index (χ3v) is 4.66. The Balaban J connectivity index is 1.48. The van der Waals surface area contributed by atoms with Gasteiger partial charge in [0.25, 0.3) is 0 Å². The van der Waals surface area contributed by atoms with Crippen molar-refractivity contribution in [3.8, 4) is 11.5 Å². The average Bonchev–Trinajstić information content (AvgIpc) is 3.28. The number of hydrogen-bond donors (Lipinski definition) is 1. The van der Waals surface area contributed by atoms with Crippen LogP contribution in [0.3, 0.4) is 0 Å². The second-order valence-electron chi connectivity index (χ2n) is 5.93. The Kier molecular flexibility index (Phi) is 3.89. The maximum atomic E-state index is 12.3. The summed E-state index contributed by atoms with van der Waals surface area (Å²) < 4.78 is 11.1. The first-order valence-electron chi connectivity index (χ1n) is 7.87. The first-order chi connectivity index (χ1) is 12.1. The molecular weight excluding hydrogens is 336 g/mol. The minimum absolute atomic E-state index is 0.125. The van der Waals surface area contributed by atoms with Crippen molar-refractivity contribution < 1.29 is 13.6 Å². The molecule has 0 saturated heterocycles. The number of aromatic nitrogens is 1. The summed E-state index contributed by atoms with van der Waals surface area (Å²) in [7, 11) is 0. The highest BCUT2D eigenvalue weighted by molar-refractivity contribution is 7.14. The summed E-state index contributed by atoms with van der Waals surface area (Å²) in [6.45, 7) is 3.89. The van der Waals surface area contributed by atoms with E-state index in [1.807, 2.05) is 49.6 Å². The molecule has 6 heteroatoms. The quantitative estimate of drug-likeness (QED) is 0.564. The fraction of sp³-hybridized carbons (Fsp3) is 0.158.